The molecule has 7 heteroatoms. The van der Waals surface area contributed by atoms with Crippen LogP contribution in [0.3, 0.4) is 0 Å². The van der Waals surface area contributed by atoms with Gasteiger partial charge in [0.25, 0.3) is 0 Å². The van der Waals surface area contributed by atoms with Crippen molar-refractivity contribution in [2.24, 2.45) is 0 Å². The maximum Gasteiger partial charge on any atom is 0.245 e. The molecule has 1 aromatic rings. The van der Waals surface area contributed by atoms with E-state index in [1.54, 1.807) is 12.1 Å². The van der Waals surface area contributed by atoms with E-state index in [2.05, 4.69) is 0 Å². The van der Waals surface area contributed by atoms with Crippen LogP contribution in [0.5, 0.6) is 0 Å². The van der Waals surface area contributed by atoms with Gasteiger partial charge in [-0.15, -0.1) is 0 Å². The topological polar surface area (TPSA) is 54.5 Å². The Morgan fingerprint density at radius 3 is 2.60 bits per heavy atom. The predicted octanol–water partition coefficient (Wildman–Crippen LogP) is 2.71. The number of aryl methyl sites for hydroxylation is 1. The molecule has 1 heterocycles. The van der Waals surface area contributed by atoms with Crippen LogP contribution in [0, 0.1) is 0 Å². The predicted molar refractivity (Wildman–Crippen MR) is 81.4 cm³/mol. The summed E-state index contributed by atoms with van der Waals surface area (Å²) in [5, 5.41) is -0.194. The number of anilines is 1. The second kappa shape index (κ2) is 5.54. The van der Waals surface area contributed by atoms with Gasteiger partial charge in [0.1, 0.15) is 5.25 Å². The lowest BCUT2D eigenvalue weighted by molar-refractivity contribution is -0.118. The fourth-order valence-corrected chi connectivity index (χ4v) is 3.41. The number of nitrogens with zero attached hydrogens (tertiary/aromatic N) is 1. The average molecular weight is 336 g/mol. The molecule has 0 N–H and O–H groups in total. The Bertz CT molecular complexity index is 658. The first-order valence-electron chi connectivity index (χ1n) is 6.20. The molecule has 0 saturated heterocycles. The molecule has 0 aromatic heterocycles. The molecule has 2 rings (SSSR count). The minimum atomic E-state index is -3.44. The van der Waals surface area contributed by atoms with Crippen molar-refractivity contribution in [3.05, 3.63) is 27.7 Å². The third-order valence-electron chi connectivity index (χ3n) is 3.46. The van der Waals surface area contributed by atoms with Crippen LogP contribution < -0.4 is 4.90 Å². The molecule has 0 aliphatic carbocycles. The molecule has 1 atom stereocenters. The largest absolute Gasteiger partial charge is 0.310 e. The van der Waals surface area contributed by atoms with Crippen LogP contribution in [0.25, 0.3) is 0 Å². The van der Waals surface area contributed by atoms with Crippen LogP contribution in [0.1, 0.15) is 18.9 Å². The molecule has 0 spiro atoms. The molecule has 0 unspecified atom stereocenters. The van der Waals surface area contributed by atoms with Crippen molar-refractivity contribution < 1.29 is 13.2 Å². The van der Waals surface area contributed by atoms with Crippen LogP contribution in [0.4, 0.5) is 5.69 Å². The fourth-order valence-electron chi connectivity index (χ4n) is 2.27. The molecule has 1 aliphatic rings. The SMILES string of the molecule is C[C@H](C(=O)N1CCCc2cc(Cl)cc(Cl)c21)S(C)(=O)=O. The van der Waals surface area contributed by atoms with Crippen molar-refractivity contribution in [3.63, 3.8) is 0 Å². The zero-order chi connectivity index (χ0) is 15.1. The molecule has 4 nitrogen and oxygen atoms in total. The summed E-state index contributed by atoms with van der Waals surface area (Å²) in [6.07, 6.45) is 2.59. The second-order valence-electron chi connectivity index (χ2n) is 4.96. The van der Waals surface area contributed by atoms with Crippen molar-refractivity contribution in [1.29, 1.82) is 0 Å². The zero-order valence-electron chi connectivity index (χ0n) is 11.2. The van der Waals surface area contributed by atoms with E-state index in [1.807, 2.05) is 0 Å². The van der Waals surface area contributed by atoms with E-state index < -0.39 is 21.0 Å². The lowest BCUT2D eigenvalue weighted by Gasteiger charge is -2.32. The van der Waals surface area contributed by atoms with Gasteiger partial charge in [-0.25, -0.2) is 8.42 Å². The molecule has 1 aromatic carbocycles. The van der Waals surface area contributed by atoms with Gasteiger partial charge in [0.2, 0.25) is 5.91 Å². The first kappa shape index (κ1) is 15.6. The number of rotatable bonds is 2. The van der Waals surface area contributed by atoms with E-state index in [0.29, 0.717) is 22.3 Å². The summed E-state index contributed by atoms with van der Waals surface area (Å²) in [6.45, 7) is 1.86. The van der Waals surface area contributed by atoms with E-state index in [1.165, 1.54) is 11.8 Å². The summed E-state index contributed by atoms with van der Waals surface area (Å²) in [6, 6.07) is 3.34. The Hall–Kier alpha value is -0.780. The average Bonchev–Trinajstić information content (AvgIpc) is 2.34. The van der Waals surface area contributed by atoms with Gasteiger partial charge in [-0.2, -0.15) is 0 Å². The van der Waals surface area contributed by atoms with E-state index in [9.17, 15) is 13.2 Å². The van der Waals surface area contributed by atoms with Gasteiger partial charge in [0, 0.05) is 17.8 Å². The number of sulfone groups is 1. The molecule has 1 amide bonds. The first-order chi connectivity index (χ1) is 9.21. The van der Waals surface area contributed by atoms with Gasteiger partial charge < -0.3 is 4.90 Å². The van der Waals surface area contributed by atoms with Gasteiger partial charge in [-0.3, -0.25) is 4.79 Å². The Morgan fingerprint density at radius 1 is 1.35 bits per heavy atom. The highest BCUT2D eigenvalue weighted by atomic mass is 35.5. The molecule has 1 aliphatic heterocycles. The van der Waals surface area contributed by atoms with Gasteiger partial charge >= 0.3 is 0 Å². The maximum absolute atomic E-state index is 12.4. The summed E-state index contributed by atoms with van der Waals surface area (Å²) >= 11 is 12.1. The van der Waals surface area contributed by atoms with Crippen LogP contribution in [0.2, 0.25) is 10.0 Å². The van der Waals surface area contributed by atoms with Crippen molar-refractivity contribution in [3.8, 4) is 0 Å². The van der Waals surface area contributed by atoms with Gasteiger partial charge in [0.15, 0.2) is 9.84 Å². The lowest BCUT2D eigenvalue weighted by atomic mass is 10.0. The number of carbonyl (C=O) groups excluding carboxylic acids is 1. The molecule has 0 saturated carbocycles. The van der Waals surface area contributed by atoms with Crippen LogP contribution in [-0.2, 0) is 21.1 Å². The Morgan fingerprint density at radius 2 is 2.00 bits per heavy atom. The number of hydrogen-bond acceptors (Lipinski definition) is 3. The lowest BCUT2D eigenvalue weighted by Crippen LogP contribution is -2.44. The van der Waals surface area contributed by atoms with Crippen molar-refractivity contribution in [1.82, 2.24) is 0 Å². The fraction of sp³-hybridized carbons (Fsp3) is 0.462. The Labute approximate surface area is 128 Å². The number of carbonyl (C=O) groups is 1. The van der Waals surface area contributed by atoms with Crippen molar-refractivity contribution in [2.45, 2.75) is 25.0 Å². The Kier molecular flexibility index (Phi) is 4.33. The van der Waals surface area contributed by atoms with E-state index in [-0.39, 0.29) is 0 Å². The minimum absolute atomic E-state index is 0.376. The third kappa shape index (κ3) is 2.95. The standard InChI is InChI=1S/C13H15Cl2NO3S/c1-8(20(2,18)19)13(17)16-5-3-4-9-6-10(14)7-11(15)12(9)16/h6-8H,3-5H2,1-2H3/t8-/m1/s1. The summed E-state index contributed by atoms with van der Waals surface area (Å²) in [5.74, 6) is -0.447. The zero-order valence-corrected chi connectivity index (χ0v) is 13.5. The molecular formula is C13H15Cl2NO3S. The third-order valence-corrected chi connectivity index (χ3v) is 5.45. The molecule has 0 radical (unpaired) electrons. The summed E-state index contributed by atoms with van der Waals surface area (Å²) in [7, 11) is -3.44. The second-order valence-corrected chi connectivity index (χ2v) is 8.17. The number of benzene rings is 1. The number of fused-ring (bicyclic) bond motifs is 1. The van der Waals surface area contributed by atoms with E-state index in [0.717, 1.165) is 24.7 Å². The normalized spacial score (nSPS) is 16.7. The summed E-state index contributed by atoms with van der Waals surface area (Å²) in [4.78, 5) is 13.9. The minimum Gasteiger partial charge on any atom is -0.310 e. The highest BCUT2D eigenvalue weighted by Gasteiger charge is 2.32. The molecule has 20 heavy (non-hydrogen) atoms. The molecule has 0 bridgehead atoms. The van der Waals surface area contributed by atoms with Gasteiger partial charge in [-0.05, 0) is 37.5 Å². The number of hydrogen-bond donors (Lipinski definition) is 0. The molecule has 110 valence electrons. The summed E-state index contributed by atoms with van der Waals surface area (Å²) < 4.78 is 23.1. The van der Waals surface area contributed by atoms with Crippen LogP contribution in [-0.4, -0.2) is 32.4 Å². The van der Waals surface area contributed by atoms with E-state index in [4.69, 9.17) is 23.2 Å². The molecule has 0 fully saturated rings. The first-order valence-corrected chi connectivity index (χ1v) is 8.91. The Balaban J connectivity index is 2.46. The van der Waals surface area contributed by atoms with E-state index >= 15 is 0 Å². The smallest absolute Gasteiger partial charge is 0.245 e. The number of amides is 1. The summed E-state index contributed by atoms with van der Waals surface area (Å²) in [5.41, 5.74) is 1.46. The molecular weight excluding hydrogens is 321 g/mol. The van der Waals surface area contributed by atoms with Crippen LogP contribution in [0.15, 0.2) is 12.1 Å². The van der Waals surface area contributed by atoms with Gasteiger partial charge in [0.05, 0.1) is 10.7 Å². The quantitative estimate of drug-likeness (QED) is 0.834. The van der Waals surface area contributed by atoms with Crippen molar-refractivity contribution in [2.75, 3.05) is 17.7 Å². The maximum atomic E-state index is 12.4. The monoisotopic (exact) mass is 335 g/mol. The highest BCUT2D eigenvalue weighted by molar-refractivity contribution is 7.92. The van der Waals surface area contributed by atoms with Gasteiger partial charge in [-0.1, -0.05) is 23.2 Å². The highest BCUT2D eigenvalue weighted by Crippen LogP contribution is 2.37. The van der Waals surface area contributed by atoms with Crippen molar-refractivity contribution >= 4 is 44.6 Å². The number of halogens is 2. The van der Waals surface area contributed by atoms with Crippen LogP contribution >= 0.6 is 23.2 Å².